The van der Waals surface area contributed by atoms with Gasteiger partial charge in [0.05, 0.1) is 6.42 Å². The number of rotatable bonds is 4. The molecule has 3 N–H and O–H groups in total. The van der Waals surface area contributed by atoms with E-state index in [1.165, 1.54) is 0 Å². The standard InChI is InChI=1S/C9H17NO4/c1-9(2,3)7(13)8(14)10-5-4-6(11)12/h7,13H,4-5H2,1-3H3,(H,10,14)(H,11,12)/t7-/m0/s1. The summed E-state index contributed by atoms with van der Waals surface area (Å²) in [7, 11) is 0. The van der Waals surface area contributed by atoms with Crippen molar-refractivity contribution < 1.29 is 19.8 Å². The number of aliphatic hydroxyl groups excluding tert-OH is 1. The summed E-state index contributed by atoms with van der Waals surface area (Å²) < 4.78 is 0. The number of carbonyl (C=O) groups excluding carboxylic acids is 1. The third-order valence-electron chi connectivity index (χ3n) is 1.71. The molecule has 0 heterocycles. The van der Waals surface area contributed by atoms with Crippen LogP contribution < -0.4 is 5.32 Å². The second-order valence-electron chi connectivity index (χ2n) is 4.20. The highest BCUT2D eigenvalue weighted by molar-refractivity contribution is 5.81. The third kappa shape index (κ3) is 4.81. The molecular weight excluding hydrogens is 186 g/mol. The van der Waals surface area contributed by atoms with E-state index in [0.717, 1.165) is 0 Å². The minimum Gasteiger partial charge on any atom is -0.481 e. The Hall–Kier alpha value is -1.10. The van der Waals surface area contributed by atoms with Gasteiger partial charge >= 0.3 is 5.97 Å². The van der Waals surface area contributed by atoms with Gasteiger partial charge in [0.15, 0.2) is 0 Å². The molecule has 0 aliphatic carbocycles. The van der Waals surface area contributed by atoms with Crippen molar-refractivity contribution in [3.05, 3.63) is 0 Å². The summed E-state index contributed by atoms with van der Waals surface area (Å²) in [6, 6.07) is 0. The van der Waals surface area contributed by atoms with Crippen LogP contribution >= 0.6 is 0 Å². The maximum Gasteiger partial charge on any atom is 0.305 e. The Morgan fingerprint density at radius 3 is 2.21 bits per heavy atom. The molecule has 0 rings (SSSR count). The lowest BCUT2D eigenvalue weighted by Crippen LogP contribution is -2.43. The highest BCUT2D eigenvalue weighted by atomic mass is 16.4. The number of aliphatic carboxylic acids is 1. The number of carbonyl (C=O) groups is 2. The van der Waals surface area contributed by atoms with Gasteiger partial charge in [0.1, 0.15) is 6.10 Å². The molecule has 14 heavy (non-hydrogen) atoms. The quantitative estimate of drug-likeness (QED) is 0.599. The normalized spacial score (nSPS) is 13.4. The zero-order chi connectivity index (χ0) is 11.4. The largest absolute Gasteiger partial charge is 0.481 e. The molecule has 0 aliphatic heterocycles. The molecule has 0 unspecified atom stereocenters. The Balaban J connectivity index is 3.91. The van der Waals surface area contributed by atoms with Gasteiger partial charge in [-0.2, -0.15) is 0 Å². The fraction of sp³-hybridized carbons (Fsp3) is 0.778. The van der Waals surface area contributed by atoms with Gasteiger partial charge in [-0.05, 0) is 5.41 Å². The van der Waals surface area contributed by atoms with E-state index >= 15 is 0 Å². The van der Waals surface area contributed by atoms with Gasteiger partial charge in [-0.25, -0.2) is 0 Å². The summed E-state index contributed by atoms with van der Waals surface area (Å²) in [4.78, 5) is 21.4. The molecule has 0 aromatic carbocycles. The van der Waals surface area contributed by atoms with Crippen molar-refractivity contribution in [2.75, 3.05) is 6.54 Å². The minimum atomic E-state index is -1.11. The molecule has 82 valence electrons. The highest BCUT2D eigenvalue weighted by Crippen LogP contribution is 2.18. The molecule has 0 aromatic heterocycles. The Kier molecular flexibility index (Phi) is 4.56. The first kappa shape index (κ1) is 12.9. The van der Waals surface area contributed by atoms with E-state index in [1.807, 2.05) is 0 Å². The fourth-order valence-corrected chi connectivity index (χ4v) is 0.783. The Morgan fingerprint density at radius 1 is 1.36 bits per heavy atom. The Morgan fingerprint density at radius 2 is 1.86 bits per heavy atom. The highest BCUT2D eigenvalue weighted by Gasteiger charge is 2.28. The lowest BCUT2D eigenvalue weighted by atomic mass is 9.89. The van der Waals surface area contributed by atoms with Crippen molar-refractivity contribution in [2.45, 2.75) is 33.3 Å². The van der Waals surface area contributed by atoms with Gasteiger partial charge in [0.2, 0.25) is 5.91 Å². The second kappa shape index (κ2) is 4.95. The number of nitrogens with one attached hydrogen (secondary N) is 1. The number of hydrogen-bond donors (Lipinski definition) is 3. The molecule has 0 saturated carbocycles. The second-order valence-corrected chi connectivity index (χ2v) is 4.20. The van der Waals surface area contributed by atoms with Gasteiger partial charge in [-0.15, -0.1) is 0 Å². The molecule has 0 aromatic rings. The van der Waals surface area contributed by atoms with Crippen LogP contribution in [0.2, 0.25) is 0 Å². The summed E-state index contributed by atoms with van der Waals surface area (Å²) in [5.41, 5.74) is -0.534. The van der Waals surface area contributed by atoms with E-state index < -0.39 is 23.4 Å². The zero-order valence-electron chi connectivity index (χ0n) is 8.70. The number of carboxylic acid groups (broad SMARTS) is 1. The molecule has 5 nitrogen and oxygen atoms in total. The first-order chi connectivity index (χ1) is 6.25. The summed E-state index contributed by atoms with van der Waals surface area (Å²) in [5.74, 6) is -1.51. The topological polar surface area (TPSA) is 86.6 Å². The molecule has 1 atom stereocenters. The average molecular weight is 203 g/mol. The van der Waals surface area contributed by atoms with Crippen LogP contribution in [0.1, 0.15) is 27.2 Å². The van der Waals surface area contributed by atoms with Crippen molar-refractivity contribution in [1.82, 2.24) is 5.32 Å². The monoisotopic (exact) mass is 203 g/mol. The number of aliphatic hydroxyl groups is 1. The van der Waals surface area contributed by atoms with Gasteiger partial charge in [-0.3, -0.25) is 9.59 Å². The summed E-state index contributed by atoms with van der Waals surface area (Å²) in [5, 5.41) is 20.1. The third-order valence-corrected chi connectivity index (χ3v) is 1.71. The van der Waals surface area contributed by atoms with E-state index in [1.54, 1.807) is 20.8 Å². The van der Waals surface area contributed by atoms with Gasteiger partial charge in [0.25, 0.3) is 0 Å². The van der Waals surface area contributed by atoms with Crippen LogP contribution in [0.25, 0.3) is 0 Å². The summed E-state index contributed by atoms with van der Waals surface area (Å²) >= 11 is 0. The maximum absolute atomic E-state index is 11.2. The van der Waals surface area contributed by atoms with Crippen LogP contribution in [0.15, 0.2) is 0 Å². The van der Waals surface area contributed by atoms with Crippen LogP contribution in [-0.2, 0) is 9.59 Å². The fourth-order valence-electron chi connectivity index (χ4n) is 0.783. The van der Waals surface area contributed by atoms with E-state index in [9.17, 15) is 14.7 Å². The molecule has 0 spiro atoms. The van der Waals surface area contributed by atoms with Gasteiger partial charge in [-0.1, -0.05) is 20.8 Å². The first-order valence-corrected chi connectivity index (χ1v) is 4.42. The molecule has 0 bridgehead atoms. The van der Waals surface area contributed by atoms with E-state index in [4.69, 9.17) is 5.11 Å². The Bertz CT molecular complexity index is 219. The molecule has 1 amide bonds. The number of hydrogen-bond acceptors (Lipinski definition) is 3. The van der Waals surface area contributed by atoms with E-state index in [2.05, 4.69) is 5.32 Å². The number of carboxylic acids is 1. The molecular formula is C9H17NO4. The van der Waals surface area contributed by atoms with Crippen LogP contribution in [0.5, 0.6) is 0 Å². The number of amides is 1. The predicted molar refractivity (Wildman–Crippen MR) is 50.7 cm³/mol. The van der Waals surface area contributed by atoms with Crippen molar-refractivity contribution in [3.8, 4) is 0 Å². The zero-order valence-corrected chi connectivity index (χ0v) is 8.70. The smallest absolute Gasteiger partial charge is 0.305 e. The van der Waals surface area contributed by atoms with E-state index in [0.29, 0.717) is 0 Å². The van der Waals surface area contributed by atoms with Crippen LogP contribution in [-0.4, -0.2) is 34.7 Å². The molecule has 0 saturated heterocycles. The maximum atomic E-state index is 11.2. The van der Waals surface area contributed by atoms with Crippen molar-refractivity contribution in [3.63, 3.8) is 0 Å². The van der Waals surface area contributed by atoms with Gasteiger partial charge < -0.3 is 15.5 Å². The van der Waals surface area contributed by atoms with E-state index in [-0.39, 0.29) is 13.0 Å². The predicted octanol–water partition coefficient (Wildman–Crippen LogP) is -0.0157. The SMILES string of the molecule is CC(C)(C)[C@@H](O)C(=O)NCCC(=O)O. The lowest BCUT2D eigenvalue weighted by molar-refractivity contribution is -0.137. The van der Waals surface area contributed by atoms with Crippen LogP contribution in [0.3, 0.4) is 0 Å². The van der Waals surface area contributed by atoms with Crippen molar-refractivity contribution in [1.29, 1.82) is 0 Å². The summed E-state index contributed by atoms with van der Waals surface area (Å²) in [6.45, 7) is 5.23. The molecule has 5 heteroatoms. The molecule has 0 fully saturated rings. The molecule has 0 aliphatic rings. The minimum absolute atomic E-state index is 0.0430. The van der Waals surface area contributed by atoms with Gasteiger partial charge in [0, 0.05) is 6.54 Å². The van der Waals surface area contributed by atoms with Crippen molar-refractivity contribution in [2.24, 2.45) is 5.41 Å². The summed E-state index contributed by atoms with van der Waals surface area (Å²) in [6.07, 6.45) is -1.25. The van der Waals surface area contributed by atoms with Crippen LogP contribution in [0.4, 0.5) is 0 Å². The van der Waals surface area contributed by atoms with Crippen molar-refractivity contribution >= 4 is 11.9 Å². The Labute approximate surface area is 83.1 Å². The average Bonchev–Trinajstić information content (AvgIpc) is 2.00. The molecule has 0 radical (unpaired) electrons. The van der Waals surface area contributed by atoms with Crippen LogP contribution in [0, 0.1) is 5.41 Å². The first-order valence-electron chi connectivity index (χ1n) is 4.42. The lowest BCUT2D eigenvalue weighted by Gasteiger charge is -2.24.